The predicted molar refractivity (Wildman–Crippen MR) is 152 cm³/mol. The number of carbonyl (C=O) groups excluding carboxylic acids is 2. The molecule has 1 heterocycles. The van der Waals surface area contributed by atoms with E-state index >= 15 is 0 Å². The fourth-order valence-electron chi connectivity index (χ4n) is 11.3. The summed E-state index contributed by atoms with van der Waals surface area (Å²) in [6.45, 7) is 27.4. The number of nitrogens with zero attached hydrogens (tertiary/aromatic N) is 2. The van der Waals surface area contributed by atoms with E-state index in [1.165, 1.54) is 24.8 Å². The minimum atomic E-state index is -0.612. The van der Waals surface area contributed by atoms with E-state index in [1.807, 2.05) is 26.0 Å². The highest BCUT2D eigenvalue weighted by atomic mass is 16.5. The molecule has 0 N–H and O–H groups in total. The van der Waals surface area contributed by atoms with Crippen molar-refractivity contribution in [2.75, 3.05) is 26.4 Å². The SMILES string of the molecule is [C-]#[N+]C1=C[C@]2(C)C3=CC(=O)[C@@H]4[C@@H]5[C@@H](C)[C@H](C)CC[C@]5(CN5CCOC5)CC[C@@]4(C)[C@]3(C)CC[C@H]2C(C)(C)C1=O. The van der Waals surface area contributed by atoms with Gasteiger partial charge in [-0.1, -0.05) is 60.1 Å². The molecule has 0 aromatic carbocycles. The number of ether oxygens (including phenoxy) is 1. The summed E-state index contributed by atoms with van der Waals surface area (Å²) in [5.41, 5.74) is 0.280. The lowest BCUT2D eigenvalue weighted by Gasteiger charge is -2.70. The Labute approximate surface area is 235 Å². The van der Waals surface area contributed by atoms with Crippen LogP contribution in [0.15, 0.2) is 23.4 Å². The lowest BCUT2D eigenvalue weighted by Crippen LogP contribution is -2.66. The zero-order valence-corrected chi connectivity index (χ0v) is 25.2. The van der Waals surface area contributed by atoms with Gasteiger partial charge in [0.15, 0.2) is 11.6 Å². The first-order chi connectivity index (χ1) is 18.2. The highest BCUT2D eigenvalue weighted by Gasteiger charge is 2.70. The van der Waals surface area contributed by atoms with E-state index in [-0.39, 0.29) is 39.6 Å². The average molecular weight is 533 g/mol. The predicted octanol–water partition coefficient (Wildman–Crippen LogP) is 6.70. The van der Waals surface area contributed by atoms with Gasteiger partial charge in [-0.2, -0.15) is 0 Å². The molecule has 5 nitrogen and oxygen atoms in total. The molecule has 0 aromatic heterocycles. The summed E-state index contributed by atoms with van der Waals surface area (Å²) in [4.78, 5) is 34.1. The standard InChI is InChI=1S/C34H48N2O3/c1-21-9-12-34(19-36-15-16-39-20-36)14-13-33(7)28(27(34)22(21)2)24(37)17-26-31(5)18-23(35-8)29(38)30(3,4)25(31)10-11-32(26,33)6/h17-18,21-22,25,27-28H,9-16,19-20H2,1-7H3/t21-,22+,25+,27+,28-,31+,32-,33-,34-/m1/s1. The Kier molecular flexibility index (Phi) is 6.06. The molecule has 5 heteroatoms. The quantitative estimate of drug-likeness (QED) is 0.371. The molecule has 1 saturated heterocycles. The van der Waals surface area contributed by atoms with Gasteiger partial charge in [-0.05, 0) is 84.5 Å². The van der Waals surface area contributed by atoms with Gasteiger partial charge < -0.3 is 9.53 Å². The van der Waals surface area contributed by atoms with Gasteiger partial charge in [0, 0.05) is 29.8 Å². The number of ketones is 2. The minimum absolute atomic E-state index is 0.0176. The Morgan fingerprint density at radius 3 is 2.46 bits per heavy atom. The van der Waals surface area contributed by atoms with Crippen molar-refractivity contribution in [1.82, 2.24) is 4.90 Å². The van der Waals surface area contributed by atoms with Crippen LogP contribution in [0, 0.1) is 63.2 Å². The van der Waals surface area contributed by atoms with Crippen LogP contribution in [0.4, 0.5) is 0 Å². The van der Waals surface area contributed by atoms with E-state index in [4.69, 9.17) is 11.3 Å². The Morgan fingerprint density at radius 2 is 1.79 bits per heavy atom. The molecule has 3 saturated carbocycles. The zero-order valence-electron chi connectivity index (χ0n) is 25.2. The highest BCUT2D eigenvalue weighted by Crippen LogP contribution is 2.74. The van der Waals surface area contributed by atoms with Crippen molar-refractivity contribution in [2.24, 2.45) is 56.7 Å². The van der Waals surface area contributed by atoms with Crippen molar-refractivity contribution in [2.45, 2.75) is 87.0 Å². The van der Waals surface area contributed by atoms with Gasteiger partial charge in [0.25, 0.3) is 0 Å². The summed E-state index contributed by atoms with van der Waals surface area (Å²) in [6, 6.07) is 0. The fourth-order valence-corrected chi connectivity index (χ4v) is 11.3. The summed E-state index contributed by atoms with van der Waals surface area (Å²) < 4.78 is 5.76. The van der Waals surface area contributed by atoms with Crippen LogP contribution in [-0.2, 0) is 14.3 Å². The molecule has 212 valence electrons. The number of carbonyl (C=O) groups is 2. The van der Waals surface area contributed by atoms with Crippen LogP contribution in [0.2, 0.25) is 0 Å². The van der Waals surface area contributed by atoms with E-state index in [0.29, 0.717) is 23.5 Å². The molecular formula is C34H48N2O3. The molecule has 0 amide bonds. The number of hydrogen-bond acceptors (Lipinski definition) is 4. The fraction of sp³-hybridized carbons (Fsp3) is 0.794. The van der Waals surface area contributed by atoms with Crippen LogP contribution in [0.1, 0.15) is 87.0 Å². The van der Waals surface area contributed by atoms with Gasteiger partial charge in [-0.15, -0.1) is 0 Å². The van der Waals surface area contributed by atoms with E-state index in [1.54, 1.807) is 0 Å². The summed E-state index contributed by atoms with van der Waals surface area (Å²) in [5, 5.41) is 0. The Balaban J connectivity index is 1.49. The normalized spacial score (nSPS) is 49.1. The molecule has 6 rings (SSSR count). The molecular weight excluding hydrogens is 484 g/mol. The topological polar surface area (TPSA) is 51.0 Å². The van der Waals surface area contributed by atoms with Gasteiger partial charge >= 0.3 is 0 Å². The molecule has 0 spiro atoms. The van der Waals surface area contributed by atoms with Crippen molar-refractivity contribution in [3.8, 4) is 0 Å². The maximum Gasteiger partial charge on any atom is 0.226 e. The number of Topliss-reactive ketones (excluding diaryl/α,β-unsaturated/α-hetero) is 1. The highest BCUT2D eigenvalue weighted by molar-refractivity contribution is 6.03. The van der Waals surface area contributed by atoms with Crippen molar-refractivity contribution >= 4 is 11.6 Å². The largest absolute Gasteiger partial charge is 0.365 e. The Bertz CT molecular complexity index is 1200. The minimum Gasteiger partial charge on any atom is -0.365 e. The summed E-state index contributed by atoms with van der Waals surface area (Å²) in [7, 11) is 0. The smallest absolute Gasteiger partial charge is 0.226 e. The molecule has 6 aliphatic rings. The first-order valence-electron chi connectivity index (χ1n) is 15.5. The molecule has 0 bridgehead atoms. The summed E-state index contributed by atoms with van der Waals surface area (Å²) in [5.74, 6) is 1.88. The van der Waals surface area contributed by atoms with Crippen molar-refractivity contribution in [3.63, 3.8) is 0 Å². The third kappa shape index (κ3) is 3.43. The zero-order chi connectivity index (χ0) is 28.2. The summed E-state index contributed by atoms with van der Waals surface area (Å²) >= 11 is 0. The lowest BCUT2D eigenvalue weighted by molar-refractivity contribution is -0.180. The van der Waals surface area contributed by atoms with Crippen molar-refractivity contribution < 1.29 is 14.3 Å². The molecule has 1 aliphatic heterocycles. The van der Waals surface area contributed by atoms with Gasteiger partial charge in [-0.3, -0.25) is 9.69 Å². The molecule has 39 heavy (non-hydrogen) atoms. The van der Waals surface area contributed by atoms with E-state index in [2.05, 4.69) is 44.4 Å². The van der Waals surface area contributed by atoms with Crippen LogP contribution in [0.25, 0.3) is 4.85 Å². The van der Waals surface area contributed by atoms with Gasteiger partial charge in [-0.25, -0.2) is 4.85 Å². The van der Waals surface area contributed by atoms with E-state index < -0.39 is 10.8 Å². The Morgan fingerprint density at radius 1 is 1.05 bits per heavy atom. The molecule has 9 atom stereocenters. The van der Waals surface area contributed by atoms with Crippen LogP contribution in [0.3, 0.4) is 0 Å². The second-order valence-corrected chi connectivity index (χ2v) is 15.6. The third-order valence-corrected chi connectivity index (χ3v) is 13.8. The number of hydrogen-bond donors (Lipinski definition) is 0. The van der Waals surface area contributed by atoms with E-state index in [0.717, 1.165) is 45.7 Å². The van der Waals surface area contributed by atoms with Gasteiger partial charge in [0.2, 0.25) is 5.70 Å². The number of allylic oxidation sites excluding steroid dienone is 4. The lowest BCUT2D eigenvalue weighted by atomic mass is 9.34. The van der Waals surface area contributed by atoms with Crippen molar-refractivity contribution in [1.29, 1.82) is 0 Å². The van der Waals surface area contributed by atoms with E-state index in [9.17, 15) is 9.59 Å². The molecule has 0 aromatic rings. The second kappa shape index (κ2) is 8.62. The number of fused-ring (bicyclic) bond motifs is 7. The first-order valence-corrected chi connectivity index (χ1v) is 15.5. The molecule has 0 unspecified atom stereocenters. The van der Waals surface area contributed by atoms with Crippen LogP contribution in [0.5, 0.6) is 0 Å². The van der Waals surface area contributed by atoms with Crippen molar-refractivity contribution in [3.05, 3.63) is 34.8 Å². The number of rotatable bonds is 2. The average Bonchev–Trinajstić information content (AvgIpc) is 3.39. The molecule has 4 fully saturated rings. The summed E-state index contributed by atoms with van der Waals surface area (Å²) in [6.07, 6.45) is 10.6. The van der Waals surface area contributed by atoms with Gasteiger partial charge in [0.1, 0.15) is 0 Å². The second-order valence-electron chi connectivity index (χ2n) is 15.6. The van der Waals surface area contributed by atoms with Crippen LogP contribution < -0.4 is 0 Å². The Hall–Kier alpha value is -1.77. The first kappa shape index (κ1) is 27.4. The molecule has 0 radical (unpaired) electrons. The van der Waals surface area contributed by atoms with Crippen LogP contribution >= 0.6 is 0 Å². The monoisotopic (exact) mass is 532 g/mol. The maximum atomic E-state index is 14.6. The van der Waals surface area contributed by atoms with Crippen LogP contribution in [-0.4, -0.2) is 42.9 Å². The third-order valence-electron chi connectivity index (χ3n) is 13.8. The van der Waals surface area contributed by atoms with Gasteiger partial charge in [0.05, 0.1) is 19.9 Å². The maximum absolute atomic E-state index is 14.6. The molecule has 5 aliphatic carbocycles.